The first-order valence-electron chi connectivity index (χ1n) is 5.14. The van der Waals surface area contributed by atoms with Crippen molar-refractivity contribution in [2.75, 3.05) is 11.9 Å². The minimum Gasteiger partial charge on any atom is -0.385 e. The summed E-state index contributed by atoms with van der Waals surface area (Å²) in [6.07, 6.45) is 4.20. The van der Waals surface area contributed by atoms with Crippen molar-refractivity contribution < 1.29 is 4.79 Å². The van der Waals surface area contributed by atoms with Crippen molar-refractivity contribution in [3.05, 3.63) is 40.6 Å². The van der Waals surface area contributed by atoms with Gasteiger partial charge in [0, 0.05) is 36.4 Å². The molecule has 0 saturated carbocycles. The zero-order valence-corrected chi connectivity index (χ0v) is 9.91. The average Bonchev–Trinajstić information content (AvgIpc) is 2.82. The van der Waals surface area contributed by atoms with Crippen LogP contribution in [0.4, 0.5) is 5.69 Å². The highest BCUT2D eigenvalue weighted by Crippen LogP contribution is 2.09. The molecule has 17 heavy (non-hydrogen) atoms. The van der Waals surface area contributed by atoms with Crippen LogP contribution in [0.15, 0.2) is 29.9 Å². The molecule has 0 radical (unpaired) electrons. The Morgan fingerprint density at radius 3 is 3.00 bits per heavy atom. The third-order valence-corrected chi connectivity index (χ3v) is 3.00. The molecule has 2 rings (SSSR count). The van der Waals surface area contributed by atoms with Gasteiger partial charge in [0.25, 0.3) is 5.91 Å². The van der Waals surface area contributed by atoms with Crippen molar-refractivity contribution in [3.8, 4) is 0 Å². The Hall–Kier alpha value is -1.95. The predicted molar refractivity (Wildman–Crippen MR) is 67.1 cm³/mol. The molecule has 88 valence electrons. The highest BCUT2D eigenvalue weighted by molar-refractivity contribution is 7.09. The van der Waals surface area contributed by atoms with E-state index in [-0.39, 0.29) is 5.69 Å². The summed E-state index contributed by atoms with van der Waals surface area (Å²) in [6, 6.07) is 3.44. The third kappa shape index (κ3) is 3.25. The molecule has 5 nitrogen and oxygen atoms in total. The highest BCUT2D eigenvalue weighted by Gasteiger charge is 2.02. The number of hydrogen-bond acceptors (Lipinski definition) is 5. The lowest BCUT2D eigenvalue weighted by atomic mass is 10.3. The van der Waals surface area contributed by atoms with E-state index in [1.807, 2.05) is 5.38 Å². The minimum atomic E-state index is -0.520. The molecule has 0 fully saturated rings. The molecule has 0 aliphatic heterocycles. The predicted octanol–water partition coefficient (Wildman–Crippen LogP) is 1.29. The van der Waals surface area contributed by atoms with E-state index in [9.17, 15) is 4.79 Å². The van der Waals surface area contributed by atoms with Crippen molar-refractivity contribution in [2.45, 2.75) is 6.42 Å². The monoisotopic (exact) mass is 248 g/mol. The summed E-state index contributed by atoms with van der Waals surface area (Å²) >= 11 is 1.63. The summed E-state index contributed by atoms with van der Waals surface area (Å²) in [5, 5.41) is 6.23. The van der Waals surface area contributed by atoms with Crippen LogP contribution >= 0.6 is 11.3 Å². The van der Waals surface area contributed by atoms with E-state index in [2.05, 4.69) is 15.3 Å². The quantitative estimate of drug-likeness (QED) is 0.835. The van der Waals surface area contributed by atoms with E-state index in [1.165, 1.54) is 0 Å². The Morgan fingerprint density at radius 1 is 1.41 bits per heavy atom. The Morgan fingerprint density at radius 2 is 2.29 bits per heavy atom. The van der Waals surface area contributed by atoms with Crippen molar-refractivity contribution in [2.24, 2.45) is 5.73 Å². The number of hydrogen-bond donors (Lipinski definition) is 2. The number of aromatic nitrogens is 2. The number of carbonyl (C=O) groups excluding carboxylic acids is 1. The number of nitrogens with zero attached hydrogens (tertiary/aromatic N) is 2. The summed E-state index contributed by atoms with van der Waals surface area (Å²) < 4.78 is 0. The molecule has 0 aliphatic rings. The van der Waals surface area contributed by atoms with Gasteiger partial charge in [-0.25, -0.2) is 4.98 Å². The van der Waals surface area contributed by atoms with Crippen LogP contribution in [-0.4, -0.2) is 22.4 Å². The van der Waals surface area contributed by atoms with E-state index < -0.39 is 5.91 Å². The first-order chi connectivity index (χ1) is 8.25. The van der Waals surface area contributed by atoms with Crippen LogP contribution in [0.5, 0.6) is 0 Å². The van der Waals surface area contributed by atoms with Gasteiger partial charge < -0.3 is 11.1 Å². The number of pyridine rings is 1. The van der Waals surface area contributed by atoms with Gasteiger partial charge >= 0.3 is 0 Å². The van der Waals surface area contributed by atoms with Crippen LogP contribution in [0.2, 0.25) is 0 Å². The lowest BCUT2D eigenvalue weighted by molar-refractivity contribution is 0.0995. The molecule has 3 N–H and O–H groups in total. The fourth-order valence-electron chi connectivity index (χ4n) is 1.37. The number of primary amides is 1. The Bertz CT molecular complexity index is 498. The molecule has 0 unspecified atom stereocenters. The van der Waals surface area contributed by atoms with Crippen LogP contribution in [0.25, 0.3) is 0 Å². The molecule has 6 heteroatoms. The summed E-state index contributed by atoms with van der Waals surface area (Å²) in [5.41, 5.74) is 6.26. The van der Waals surface area contributed by atoms with Gasteiger partial charge in [-0.3, -0.25) is 9.78 Å². The van der Waals surface area contributed by atoms with Crippen LogP contribution < -0.4 is 11.1 Å². The molecular formula is C11H12N4OS. The van der Waals surface area contributed by atoms with Gasteiger partial charge in [0.05, 0.1) is 5.01 Å². The molecule has 2 aromatic heterocycles. The normalized spacial score (nSPS) is 10.1. The first kappa shape index (κ1) is 11.5. The van der Waals surface area contributed by atoms with Crippen LogP contribution in [0.1, 0.15) is 15.5 Å². The van der Waals surface area contributed by atoms with Crippen LogP contribution in [-0.2, 0) is 6.42 Å². The molecular weight excluding hydrogens is 236 g/mol. The number of nitrogens with one attached hydrogen (secondary N) is 1. The van der Waals surface area contributed by atoms with Crippen LogP contribution in [0, 0.1) is 0 Å². The number of rotatable bonds is 5. The second kappa shape index (κ2) is 5.40. The molecule has 0 atom stereocenters. The van der Waals surface area contributed by atoms with Crippen molar-refractivity contribution in [3.63, 3.8) is 0 Å². The van der Waals surface area contributed by atoms with Crippen LogP contribution in [0.3, 0.4) is 0 Å². The Balaban J connectivity index is 1.90. The number of carbonyl (C=O) groups is 1. The first-order valence-corrected chi connectivity index (χ1v) is 6.02. The van der Waals surface area contributed by atoms with E-state index in [1.54, 1.807) is 35.9 Å². The van der Waals surface area contributed by atoms with E-state index in [0.29, 0.717) is 0 Å². The summed E-state index contributed by atoms with van der Waals surface area (Å²) in [5.74, 6) is -0.520. The fourth-order valence-corrected chi connectivity index (χ4v) is 1.99. The average molecular weight is 248 g/mol. The SMILES string of the molecule is NC(=O)c1cc(NCCc2nccs2)ccn1. The van der Waals surface area contributed by atoms with E-state index in [4.69, 9.17) is 5.73 Å². The number of nitrogens with two attached hydrogens (primary N) is 1. The van der Waals surface area contributed by atoms with Gasteiger partial charge in [0.15, 0.2) is 0 Å². The van der Waals surface area contributed by atoms with Gasteiger partial charge in [-0.1, -0.05) is 0 Å². The largest absolute Gasteiger partial charge is 0.385 e. The summed E-state index contributed by atoms with van der Waals surface area (Å²) in [6.45, 7) is 0.760. The molecule has 1 amide bonds. The maximum absolute atomic E-state index is 10.9. The molecule has 0 saturated heterocycles. The fraction of sp³-hybridized carbons (Fsp3) is 0.182. The second-order valence-electron chi connectivity index (χ2n) is 3.40. The van der Waals surface area contributed by atoms with Gasteiger partial charge in [0.1, 0.15) is 5.69 Å². The van der Waals surface area contributed by atoms with Gasteiger partial charge in [-0.2, -0.15) is 0 Å². The molecule has 0 bridgehead atoms. The molecule has 2 heterocycles. The molecule has 2 aromatic rings. The van der Waals surface area contributed by atoms with Crippen molar-refractivity contribution in [1.29, 1.82) is 0 Å². The Labute approximate surface area is 103 Å². The molecule has 0 aliphatic carbocycles. The van der Waals surface area contributed by atoms with E-state index in [0.717, 1.165) is 23.7 Å². The topological polar surface area (TPSA) is 80.9 Å². The Kier molecular flexibility index (Phi) is 3.66. The zero-order valence-electron chi connectivity index (χ0n) is 9.09. The van der Waals surface area contributed by atoms with E-state index >= 15 is 0 Å². The number of thiazole rings is 1. The standard InChI is InChI=1S/C11H12N4OS/c12-11(16)9-7-8(1-3-14-9)13-4-2-10-15-5-6-17-10/h1,3,5-7H,2,4H2,(H2,12,16)(H,13,14). The van der Waals surface area contributed by atoms with Crippen molar-refractivity contribution in [1.82, 2.24) is 9.97 Å². The molecule has 0 aromatic carbocycles. The lowest BCUT2D eigenvalue weighted by Gasteiger charge is -2.05. The van der Waals surface area contributed by atoms with Gasteiger partial charge in [0.2, 0.25) is 0 Å². The maximum Gasteiger partial charge on any atom is 0.267 e. The number of amides is 1. The summed E-state index contributed by atoms with van der Waals surface area (Å²) in [4.78, 5) is 19.0. The lowest BCUT2D eigenvalue weighted by Crippen LogP contribution is -2.13. The zero-order chi connectivity index (χ0) is 12.1. The van der Waals surface area contributed by atoms with Gasteiger partial charge in [-0.05, 0) is 12.1 Å². The second-order valence-corrected chi connectivity index (χ2v) is 4.38. The highest BCUT2D eigenvalue weighted by atomic mass is 32.1. The smallest absolute Gasteiger partial charge is 0.267 e. The number of anilines is 1. The molecule has 0 spiro atoms. The van der Waals surface area contributed by atoms with Gasteiger partial charge in [-0.15, -0.1) is 11.3 Å². The third-order valence-electron chi connectivity index (χ3n) is 2.16. The maximum atomic E-state index is 10.9. The minimum absolute atomic E-state index is 0.268. The van der Waals surface area contributed by atoms with Crippen molar-refractivity contribution >= 4 is 22.9 Å². The summed E-state index contributed by atoms with van der Waals surface area (Å²) in [7, 11) is 0.